The van der Waals surface area contributed by atoms with E-state index in [-0.39, 0.29) is 17.6 Å². The minimum atomic E-state index is -0.352. The first-order chi connectivity index (χ1) is 15.0. The van der Waals surface area contributed by atoms with Crippen molar-refractivity contribution in [2.45, 2.75) is 26.2 Å². The van der Waals surface area contributed by atoms with Crippen LogP contribution in [0.1, 0.15) is 42.7 Å². The zero-order valence-electron chi connectivity index (χ0n) is 17.3. The molecule has 1 aromatic carbocycles. The average Bonchev–Trinajstić information content (AvgIpc) is 3.50. The molecule has 0 atom stereocenters. The molecule has 1 saturated heterocycles. The molecule has 8 heteroatoms. The number of fused-ring (bicyclic) bond motifs is 1. The third-order valence-electron chi connectivity index (χ3n) is 6.02. The van der Waals surface area contributed by atoms with Crippen LogP contribution in [0.5, 0.6) is 0 Å². The maximum Gasteiger partial charge on any atom is 0.274 e. The van der Waals surface area contributed by atoms with E-state index in [1.807, 2.05) is 19.1 Å². The van der Waals surface area contributed by atoms with Gasteiger partial charge < -0.3 is 9.80 Å². The molecule has 0 unspecified atom stereocenters. The van der Waals surface area contributed by atoms with Crippen molar-refractivity contribution >= 4 is 23.2 Å². The van der Waals surface area contributed by atoms with Crippen molar-refractivity contribution < 1.29 is 14.0 Å². The molecule has 2 aromatic heterocycles. The Morgan fingerprint density at radius 1 is 0.968 bits per heavy atom. The summed E-state index contributed by atoms with van der Waals surface area (Å²) in [5, 5.41) is 4.55. The Hall–Kier alpha value is -3.00. The van der Waals surface area contributed by atoms with Crippen molar-refractivity contribution in [2.75, 3.05) is 26.2 Å². The smallest absolute Gasteiger partial charge is 0.274 e. The number of rotatable bonds is 3. The summed E-state index contributed by atoms with van der Waals surface area (Å²) >= 11 is 1.49. The maximum atomic E-state index is 14.4. The monoisotopic (exact) mass is 438 g/mol. The van der Waals surface area contributed by atoms with E-state index >= 15 is 0 Å². The van der Waals surface area contributed by atoms with Gasteiger partial charge in [-0.1, -0.05) is 12.1 Å². The van der Waals surface area contributed by atoms with Crippen LogP contribution in [0.3, 0.4) is 0 Å². The van der Waals surface area contributed by atoms with Crippen LogP contribution < -0.4 is 0 Å². The van der Waals surface area contributed by atoms with Gasteiger partial charge in [0.2, 0.25) is 0 Å². The molecule has 31 heavy (non-hydrogen) atoms. The van der Waals surface area contributed by atoms with Crippen LogP contribution in [0.2, 0.25) is 0 Å². The zero-order valence-corrected chi connectivity index (χ0v) is 18.1. The van der Waals surface area contributed by atoms with Crippen LogP contribution in [-0.2, 0) is 12.8 Å². The van der Waals surface area contributed by atoms with Gasteiger partial charge in [-0.05, 0) is 50.5 Å². The van der Waals surface area contributed by atoms with Crippen LogP contribution in [-0.4, -0.2) is 57.6 Å². The highest BCUT2D eigenvalue weighted by Gasteiger charge is 2.32. The van der Waals surface area contributed by atoms with Gasteiger partial charge in [-0.3, -0.25) is 9.59 Å². The summed E-state index contributed by atoms with van der Waals surface area (Å²) in [6, 6.07) is 10.3. The third kappa shape index (κ3) is 3.54. The molecule has 3 heterocycles. The van der Waals surface area contributed by atoms with Crippen molar-refractivity contribution in [1.82, 2.24) is 19.6 Å². The number of para-hydroxylation sites is 1. The topological polar surface area (TPSA) is 58.4 Å². The van der Waals surface area contributed by atoms with Crippen molar-refractivity contribution in [3.63, 3.8) is 0 Å². The van der Waals surface area contributed by atoms with Gasteiger partial charge in [0, 0.05) is 42.3 Å². The van der Waals surface area contributed by atoms with Gasteiger partial charge in [-0.2, -0.15) is 5.10 Å². The molecule has 5 rings (SSSR count). The minimum absolute atomic E-state index is 0.0231. The van der Waals surface area contributed by atoms with Gasteiger partial charge in [0.05, 0.1) is 4.88 Å². The number of benzene rings is 1. The highest BCUT2D eigenvalue weighted by Crippen LogP contribution is 2.29. The largest absolute Gasteiger partial charge is 0.334 e. The van der Waals surface area contributed by atoms with Crippen molar-refractivity contribution in [1.29, 1.82) is 0 Å². The fourth-order valence-corrected chi connectivity index (χ4v) is 5.24. The Bertz CT molecular complexity index is 1160. The summed E-state index contributed by atoms with van der Waals surface area (Å²) in [4.78, 5) is 31.4. The molecule has 0 saturated carbocycles. The standard InChI is InChI=1S/C23H23FN4O2S/c1-15-9-10-20(31-15)22(29)26-11-13-27(14-12-26)23(30)21-16-5-4-8-18(16)28(25-21)19-7-3-2-6-17(19)24/h2-3,6-7,9-10H,4-5,8,11-14H2,1H3. The fraction of sp³-hybridized carbons (Fsp3) is 0.348. The lowest BCUT2D eigenvalue weighted by molar-refractivity contribution is 0.0534. The molecule has 0 radical (unpaired) electrons. The second kappa shape index (κ2) is 7.92. The minimum Gasteiger partial charge on any atom is -0.334 e. The summed E-state index contributed by atoms with van der Waals surface area (Å²) < 4.78 is 16.0. The van der Waals surface area contributed by atoms with E-state index < -0.39 is 0 Å². The number of carbonyl (C=O) groups is 2. The molecule has 1 fully saturated rings. The van der Waals surface area contributed by atoms with E-state index in [1.54, 1.807) is 32.7 Å². The summed E-state index contributed by atoms with van der Waals surface area (Å²) in [5.41, 5.74) is 2.65. The lowest BCUT2D eigenvalue weighted by Gasteiger charge is -2.34. The highest BCUT2D eigenvalue weighted by molar-refractivity contribution is 7.13. The number of hydrogen-bond donors (Lipinski definition) is 0. The van der Waals surface area contributed by atoms with Gasteiger partial charge in [0.1, 0.15) is 11.5 Å². The molecule has 160 valence electrons. The number of thiophene rings is 1. The number of aryl methyl sites for hydroxylation is 1. The van der Waals surface area contributed by atoms with E-state index in [2.05, 4.69) is 5.10 Å². The predicted molar refractivity (Wildman–Crippen MR) is 116 cm³/mol. The molecule has 1 aliphatic carbocycles. The van der Waals surface area contributed by atoms with Crippen LogP contribution in [0.15, 0.2) is 36.4 Å². The summed E-state index contributed by atoms with van der Waals surface area (Å²) in [7, 11) is 0. The molecular weight excluding hydrogens is 415 g/mol. The maximum absolute atomic E-state index is 14.4. The van der Waals surface area contributed by atoms with Crippen molar-refractivity contribution in [2.24, 2.45) is 0 Å². The lowest BCUT2D eigenvalue weighted by atomic mass is 10.1. The SMILES string of the molecule is Cc1ccc(C(=O)N2CCN(C(=O)c3nn(-c4ccccc4F)c4c3CCC4)CC2)s1. The highest BCUT2D eigenvalue weighted by atomic mass is 32.1. The number of halogens is 1. The summed E-state index contributed by atoms with van der Waals surface area (Å²) in [6.07, 6.45) is 2.50. The molecule has 3 aromatic rings. The normalized spacial score (nSPS) is 15.9. The Morgan fingerprint density at radius 3 is 2.35 bits per heavy atom. The Labute approximate surface area is 183 Å². The van der Waals surface area contributed by atoms with E-state index in [9.17, 15) is 14.0 Å². The summed E-state index contributed by atoms with van der Waals surface area (Å²) in [6.45, 7) is 3.92. The zero-order chi connectivity index (χ0) is 21.5. The van der Waals surface area contributed by atoms with Gasteiger partial charge in [0.25, 0.3) is 11.8 Å². The van der Waals surface area contributed by atoms with Crippen LogP contribution in [0, 0.1) is 12.7 Å². The van der Waals surface area contributed by atoms with Crippen LogP contribution in [0.25, 0.3) is 5.69 Å². The first-order valence-corrected chi connectivity index (χ1v) is 11.4. The molecule has 0 bridgehead atoms. The second-order valence-corrected chi connectivity index (χ2v) is 9.27. The number of piperazine rings is 1. The number of hydrogen-bond acceptors (Lipinski definition) is 4. The van der Waals surface area contributed by atoms with Crippen molar-refractivity contribution in [3.8, 4) is 5.69 Å². The fourth-order valence-electron chi connectivity index (χ4n) is 4.40. The Balaban J connectivity index is 1.34. The van der Waals surface area contributed by atoms with Gasteiger partial charge >= 0.3 is 0 Å². The van der Waals surface area contributed by atoms with E-state index in [0.29, 0.717) is 37.6 Å². The van der Waals surface area contributed by atoms with Crippen LogP contribution in [0.4, 0.5) is 4.39 Å². The number of carbonyl (C=O) groups excluding carboxylic acids is 2. The first-order valence-electron chi connectivity index (χ1n) is 10.5. The van der Waals surface area contributed by atoms with Crippen LogP contribution >= 0.6 is 11.3 Å². The van der Waals surface area contributed by atoms with E-state index in [0.717, 1.165) is 40.3 Å². The molecule has 0 N–H and O–H groups in total. The Morgan fingerprint density at radius 2 is 1.68 bits per heavy atom. The van der Waals surface area contributed by atoms with Gasteiger partial charge in [-0.15, -0.1) is 11.3 Å². The Kier molecular flexibility index (Phi) is 5.09. The second-order valence-electron chi connectivity index (χ2n) is 7.99. The molecule has 2 aliphatic rings. The predicted octanol–water partition coefficient (Wildman–Crippen LogP) is 3.47. The van der Waals surface area contributed by atoms with E-state index in [1.165, 1.54) is 17.4 Å². The van der Waals surface area contributed by atoms with Gasteiger partial charge in [0.15, 0.2) is 5.69 Å². The molecule has 1 aliphatic heterocycles. The first kappa shape index (κ1) is 19.9. The number of aromatic nitrogens is 2. The lowest BCUT2D eigenvalue weighted by Crippen LogP contribution is -2.50. The molecular formula is C23H23FN4O2S. The third-order valence-corrected chi connectivity index (χ3v) is 7.01. The quantitative estimate of drug-likeness (QED) is 0.629. The average molecular weight is 439 g/mol. The molecule has 0 spiro atoms. The molecule has 6 nitrogen and oxygen atoms in total. The number of nitrogens with zero attached hydrogens (tertiary/aromatic N) is 4. The number of amides is 2. The van der Waals surface area contributed by atoms with Crippen molar-refractivity contribution in [3.05, 3.63) is 68.9 Å². The van der Waals surface area contributed by atoms with Gasteiger partial charge in [-0.25, -0.2) is 9.07 Å². The molecule has 2 amide bonds. The van der Waals surface area contributed by atoms with E-state index in [4.69, 9.17) is 0 Å². The summed E-state index contributed by atoms with van der Waals surface area (Å²) in [5.74, 6) is -0.461.